The van der Waals surface area contributed by atoms with Crippen LogP contribution in [0.4, 0.5) is 0 Å². The van der Waals surface area contributed by atoms with Gasteiger partial charge in [0.25, 0.3) is 0 Å². The lowest BCUT2D eigenvalue weighted by Gasteiger charge is -2.04. The molecule has 2 heteroatoms. The molecule has 0 aliphatic heterocycles. The first-order chi connectivity index (χ1) is 9.43. The van der Waals surface area contributed by atoms with E-state index in [-0.39, 0.29) is 0 Å². The number of fused-ring (bicyclic) bond motifs is 1. The number of rotatable bonds is 5. The second-order valence-corrected chi connectivity index (χ2v) is 4.77. The van der Waals surface area contributed by atoms with E-state index >= 15 is 0 Å². The number of H-pyrrole nitrogens is 1. The smallest absolute Gasteiger partial charge is 0.0456 e. The van der Waals surface area contributed by atoms with Crippen molar-refractivity contribution in [1.82, 2.24) is 10.3 Å². The summed E-state index contributed by atoms with van der Waals surface area (Å²) in [6.07, 6.45) is 3.17. The first-order valence-corrected chi connectivity index (χ1v) is 6.73. The summed E-state index contributed by atoms with van der Waals surface area (Å²) in [7, 11) is 0. The third kappa shape index (κ3) is 2.85. The Morgan fingerprint density at radius 2 is 1.68 bits per heavy atom. The molecule has 0 aliphatic carbocycles. The van der Waals surface area contributed by atoms with Crippen LogP contribution in [0.2, 0.25) is 0 Å². The van der Waals surface area contributed by atoms with Gasteiger partial charge in [-0.15, -0.1) is 0 Å². The zero-order valence-corrected chi connectivity index (χ0v) is 10.9. The predicted molar refractivity (Wildman–Crippen MR) is 80.2 cm³/mol. The third-order valence-electron chi connectivity index (χ3n) is 3.42. The van der Waals surface area contributed by atoms with Crippen LogP contribution in [0.3, 0.4) is 0 Å². The fourth-order valence-corrected chi connectivity index (χ4v) is 2.39. The van der Waals surface area contributed by atoms with Crippen LogP contribution >= 0.6 is 0 Å². The minimum atomic E-state index is 0.934. The summed E-state index contributed by atoms with van der Waals surface area (Å²) in [6, 6.07) is 19.0. The van der Waals surface area contributed by atoms with Gasteiger partial charge in [0.1, 0.15) is 0 Å². The van der Waals surface area contributed by atoms with Crippen molar-refractivity contribution in [3.05, 3.63) is 71.9 Å². The van der Waals surface area contributed by atoms with Gasteiger partial charge in [-0.3, -0.25) is 0 Å². The molecule has 0 fully saturated rings. The Morgan fingerprint density at radius 3 is 2.58 bits per heavy atom. The van der Waals surface area contributed by atoms with Crippen LogP contribution in [-0.2, 0) is 13.0 Å². The molecule has 0 amide bonds. The molecule has 2 aromatic carbocycles. The molecule has 1 heterocycles. The molecule has 0 radical (unpaired) electrons. The molecule has 0 aliphatic rings. The lowest BCUT2D eigenvalue weighted by atomic mass is 10.1. The van der Waals surface area contributed by atoms with Crippen LogP contribution in [-0.4, -0.2) is 11.5 Å². The van der Waals surface area contributed by atoms with Gasteiger partial charge >= 0.3 is 0 Å². The molecule has 96 valence electrons. The first-order valence-electron chi connectivity index (χ1n) is 6.73. The highest BCUT2D eigenvalue weighted by Crippen LogP contribution is 2.17. The summed E-state index contributed by atoms with van der Waals surface area (Å²) in [4.78, 5) is 3.32. The van der Waals surface area contributed by atoms with E-state index in [2.05, 4.69) is 71.1 Å². The van der Waals surface area contributed by atoms with Gasteiger partial charge in [0.05, 0.1) is 0 Å². The van der Waals surface area contributed by atoms with Gasteiger partial charge in [-0.1, -0.05) is 48.5 Å². The number of para-hydroxylation sites is 1. The quantitative estimate of drug-likeness (QED) is 0.666. The van der Waals surface area contributed by atoms with Crippen molar-refractivity contribution in [3.63, 3.8) is 0 Å². The molecule has 0 saturated carbocycles. The fourth-order valence-electron chi connectivity index (χ4n) is 2.39. The van der Waals surface area contributed by atoms with E-state index in [1.165, 1.54) is 22.0 Å². The molecule has 2 nitrogen and oxygen atoms in total. The zero-order valence-electron chi connectivity index (χ0n) is 10.9. The summed E-state index contributed by atoms with van der Waals surface area (Å²) in [5.74, 6) is 0. The SMILES string of the molecule is c1ccc(CNCCc2c[nH]c3ccccc23)cc1. The Bertz CT molecular complexity index is 640. The van der Waals surface area contributed by atoms with Gasteiger partial charge in [-0.05, 0) is 30.2 Å². The minimum absolute atomic E-state index is 0.934. The van der Waals surface area contributed by atoms with Crippen LogP contribution in [0.1, 0.15) is 11.1 Å². The Morgan fingerprint density at radius 1 is 0.895 bits per heavy atom. The lowest BCUT2D eigenvalue weighted by Crippen LogP contribution is -2.16. The normalized spacial score (nSPS) is 10.9. The van der Waals surface area contributed by atoms with E-state index in [4.69, 9.17) is 0 Å². The molecule has 0 atom stereocenters. The second kappa shape index (κ2) is 5.72. The molecule has 2 N–H and O–H groups in total. The van der Waals surface area contributed by atoms with Crippen molar-refractivity contribution in [2.75, 3.05) is 6.54 Å². The highest BCUT2D eigenvalue weighted by Gasteiger charge is 2.01. The number of aromatic amines is 1. The molecular formula is C17H18N2. The number of hydrogen-bond donors (Lipinski definition) is 2. The van der Waals surface area contributed by atoms with Crippen molar-refractivity contribution in [2.45, 2.75) is 13.0 Å². The molecule has 1 aromatic heterocycles. The number of benzene rings is 2. The van der Waals surface area contributed by atoms with E-state index in [9.17, 15) is 0 Å². The van der Waals surface area contributed by atoms with Crippen molar-refractivity contribution in [3.8, 4) is 0 Å². The van der Waals surface area contributed by atoms with Crippen LogP contribution in [0.25, 0.3) is 10.9 Å². The molecule has 3 rings (SSSR count). The Kier molecular flexibility index (Phi) is 3.61. The first kappa shape index (κ1) is 12.0. The average Bonchev–Trinajstić information content (AvgIpc) is 2.88. The molecule has 19 heavy (non-hydrogen) atoms. The fraction of sp³-hybridized carbons (Fsp3) is 0.176. The van der Waals surface area contributed by atoms with Crippen molar-refractivity contribution in [1.29, 1.82) is 0 Å². The standard InChI is InChI=1S/C17H18N2/c1-2-6-14(7-3-1)12-18-11-10-15-13-19-17-9-5-4-8-16(15)17/h1-9,13,18-19H,10-12H2. The predicted octanol–water partition coefficient (Wildman–Crippen LogP) is 3.50. The van der Waals surface area contributed by atoms with Crippen LogP contribution < -0.4 is 5.32 Å². The van der Waals surface area contributed by atoms with Crippen molar-refractivity contribution >= 4 is 10.9 Å². The molecule has 3 aromatic rings. The molecule has 0 saturated heterocycles. The highest BCUT2D eigenvalue weighted by molar-refractivity contribution is 5.83. The van der Waals surface area contributed by atoms with Crippen LogP contribution in [0.5, 0.6) is 0 Å². The van der Waals surface area contributed by atoms with Crippen molar-refractivity contribution in [2.24, 2.45) is 0 Å². The van der Waals surface area contributed by atoms with Crippen molar-refractivity contribution < 1.29 is 0 Å². The second-order valence-electron chi connectivity index (χ2n) is 4.77. The maximum atomic E-state index is 3.49. The highest BCUT2D eigenvalue weighted by atomic mass is 14.8. The van der Waals surface area contributed by atoms with Crippen LogP contribution in [0, 0.1) is 0 Å². The Labute approximate surface area is 113 Å². The topological polar surface area (TPSA) is 27.8 Å². The Hall–Kier alpha value is -2.06. The summed E-state index contributed by atoms with van der Waals surface area (Å²) >= 11 is 0. The number of hydrogen-bond acceptors (Lipinski definition) is 1. The van der Waals surface area contributed by atoms with E-state index < -0.39 is 0 Å². The van der Waals surface area contributed by atoms with E-state index in [0.717, 1.165) is 19.5 Å². The summed E-state index contributed by atoms with van der Waals surface area (Å²) < 4.78 is 0. The van der Waals surface area contributed by atoms with Gasteiger partial charge < -0.3 is 10.3 Å². The molecule has 0 bridgehead atoms. The third-order valence-corrected chi connectivity index (χ3v) is 3.42. The maximum absolute atomic E-state index is 3.49. The van der Waals surface area contributed by atoms with Gasteiger partial charge in [-0.25, -0.2) is 0 Å². The van der Waals surface area contributed by atoms with Gasteiger partial charge in [0.2, 0.25) is 0 Å². The van der Waals surface area contributed by atoms with E-state index in [1.54, 1.807) is 0 Å². The summed E-state index contributed by atoms with van der Waals surface area (Å²) in [5, 5.41) is 4.83. The molecular weight excluding hydrogens is 232 g/mol. The number of nitrogens with one attached hydrogen (secondary N) is 2. The minimum Gasteiger partial charge on any atom is -0.361 e. The summed E-state index contributed by atoms with van der Waals surface area (Å²) in [6.45, 7) is 1.93. The van der Waals surface area contributed by atoms with Gasteiger partial charge in [0.15, 0.2) is 0 Å². The van der Waals surface area contributed by atoms with E-state index in [1.807, 2.05) is 0 Å². The molecule has 0 unspecified atom stereocenters. The largest absolute Gasteiger partial charge is 0.361 e. The van der Waals surface area contributed by atoms with Crippen LogP contribution in [0.15, 0.2) is 60.8 Å². The van der Waals surface area contributed by atoms with Gasteiger partial charge in [-0.2, -0.15) is 0 Å². The molecule has 0 spiro atoms. The van der Waals surface area contributed by atoms with Gasteiger partial charge in [0, 0.05) is 23.6 Å². The monoisotopic (exact) mass is 250 g/mol. The maximum Gasteiger partial charge on any atom is 0.0456 e. The van der Waals surface area contributed by atoms with E-state index in [0.29, 0.717) is 0 Å². The zero-order chi connectivity index (χ0) is 12.9. The Balaban J connectivity index is 1.55. The number of aromatic nitrogens is 1. The average molecular weight is 250 g/mol. The lowest BCUT2D eigenvalue weighted by molar-refractivity contribution is 0.688. The summed E-state index contributed by atoms with van der Waals surface area (Å²) in [5.41, 5.74) is 3.94.